The third kappa shape index (κ3) is 4.47. The second kappa shape index (κ2) is 7.67. The number of hydrogen-bond donors (Lipinski definition) is 1. The number of nitrogens with zero attached hydrogens (tertiary/aromatic N) is 1. The van der Waals surface area contributed by atoms with E-state index in [4.69, 9.17) is 4.74 Å². The highest BCUT2D eigenvalue weighted by Gasteiger charge is 2.19. The van der Waals surface area contributed by atoms with Crippen LogP contribution in [0.1, 0.15) is 26.7 Å². The molecule has 4 nitrogen and oxygen atoms in total. The first kappa shape index (κ1) is 15.3. The Balaban J connectivity index is 2.87. The number of ether oxygens (including phenoxy) is 1. The first-order valence-corrected chi connectivity index (χ1v) is 6.79. The van der Waals surface area contributed by atoms with Crippen LogP contribution in [-0.2, 0) is 9.53 Å². The van der Waals surface area contributed by atoms with E-state index < -0.39 is 0 Å². The zero-order chi connectivity index (χ0) is 14.3. The van der Waals surface area contributed by atoms with E-state index in [1.165, 1.54) is 0 Å². The van der Waals surface area contributed by atoms with Gasteiger partial charge in [0.1, 0.15) is 6.04 Å². The van der Waals surface area contributed by atoms with Gasteiger partial charge in [0.2, 0.25) is 0 Å². The van der Waals surface area contributed by atoms with Crippen LogP contribution in [0.4, 0.5) is 11.4 Å². The van der Waals surface area contributed by atoms with E-state index in [2.05, 4.69) is 12.2 Å². The van der Waals surface area contributed by atoms with Gasteiger partial charge in [0.25, 0.3) is 0 Å². The topological polar surface area (TPSA) is 41.6 Å². The smallest absolute Gasteiger partial charge is 0.328 e. The molecule has 0 aromatic heterocycles. The van der Waals surface area contributed by atoms with Crippen molar-refractivity contribution in [3.63, 3.8) is 0 Å². The van der Waals surface area contributed by atoms with Crippen LogP contribution < -0.4 is 10.2 Å². The maximum Gasteiger partial charge on any atom is 0.328 e. The molecule has 0 aliphatic carbocycles. The number of benzene rings is 1. The molecular formula is C15H24N2O2. The van der Waals surface area contributed by atoms with E-state index in [0.29, 0.717) is 6.61 Å². The molecule has 0 saturated heterocycles. The Kier molecular flexibility index (Phi) is 6.19. The van der Waals surface area contributed by atoms with Gasteiger partial charge < -0.3 is 15.0 Å². The fourth-order valence-corrected chi connectivity index (χ4v) is 1.95. The molecule has 0 saturated carbocycles. The van der Waals surface area contributed by atoms with E-state index in [0.717, 1.165) is 24.2 Å². The number of carbonyl (C=O) groups is 1. The van der Waals surface area contributed by atoms with Gasteiger partial charge in [0.05, 0.1) is 18.0 Å². The minimum atomic E-state index is -0.286. The van der Waals surface area contributed by atoms with Crippen molar-refractivity contribution in [3.8, 4) is 0 Å². The molecule has 0 heterocycles. The number of esters is 1. The zero-order valence-electron chi connectivity index (χ0n) is 12.3. The summed E-state index contributed by atoms with van der Waals surface area (Å²) >= 11 is 0. The molecule has 0 spiro atoms. The highest BCUT2D eigenvalue weighted by molar-refractivity contribution is 5.81. The Morgan fingerprint density at radius 2 is 2.00 bits per heavy atom. The fraction of sp³-hybridized carbons (Fsp3) is 0.533. The van der Waals surface area contributed by atoms with Gasteiger partial charge in [0.15, 0.2) is 0 Å². The summed E-state index contributed by atoms with van der Waals surface area (Å²) in [7, 11) is 3.97. The Bertz CT molecular complexity index is 405. The summed E-state index contributed by atoms with van der Waals surface area (Å²) < 4.78 is 5.11. The lowest BCUT2D eigenvalue weighted by Gasteiger charge is -2.22. The van der Waals surface area contributed by atoms with Crippen LogP contribution in [0.15, 0.2) is 24.3 Å². The van der Waals surface area contributed by atoms with Gasteiger partial charge >= 0.3 is 5.97 Å². The van der Waals surface area contributed by atoms with E-state index in [1.807, 2.05) is 50.2 Å². The molecule has 0 amide bonds. The molecule has 1 unspecified atom stereocenters. The quantitative estimate of drug-likeness (QED) is 0.769. The second-order valence-electron chi connectivity index (χ2n) is 4.65. The summed E-state index contributed by atoms with van der Waals surface area (Å²) in [5.41, 5.74) is 2.02. The van der Waals surface area contributed by atoms with Crippen molar-refractivity contribution in [1.82, 2.24) is 0 Å². The molecule has 1 rings (SSSR count). The van der Waals surface area contributed by atoms with E-state index in [1.54, 1.807) is 0 Å². The number of nitrogens with one attached hydrogen (secondary N) is 1. The molecule has 19 heavy (non-hydrogen) atoms. The van der Waals surface area contributed by atoms with Crippen molar-refractivity contribution >= 4 is 17.3 Å². The van der Waals surface area contributed by atoms with Crippen LogP contribution in [0, 0.1) is 0 Å². The summed E-state index contributed by atoms with van der Waals surface area (Å²) in [6.07, 6.45) is 1.70. The van der Waals surface area contributed by atoms with E-state index in [9.17, 15) is 4.79 Å². The van der Waals surface area contributed by atoms with Crippen molar-refractivity contribution in [2.45, 2.75) is 32.7 Å². The second-order valence-corrected chi connectivity index (χ2v) is 4.65. The van der Waals surface area contributed by atoms with E-state index >= 15 is 0 Å². The molecule has 4 heteroatoms. The summed E-state index contributed by atoms with van der Waals surface area (Å²) in [6, 6.07) is 7.67. The van der Waals surface area contributed by atoms with Crippen LogP contribution in [0.2, 0.25) is 0 Å². The normalized spacial score (nSPS) is 11.8. The van der Waals surface area contributed by atoms with Crippen LogP contribution in [0.25, 0.3) is 0 Å². The maximum absolute atomic E-state index is 11.9. The molecule has 0 fully saturated rings. The molecule has 1 N–H and O–H groups in total. The van der Waals surface area contributed by atoms with Crippen molar-refractivity contribution in [2.24, 2.45) is 0 Å². The van der Waals surface area contributed by atoms with Crippen molar-refractivity contribution in [1.29, 1.82) is 0 Å². The van der Waals surface area contributed by atoms with Gasteiger partial charge in [0, 0.05) is 14.1 Å². The van der Waals surface area contributed by atoms with E-state index in [-0.39, 0.29) is 12.0 Å². The predicted octanol–water partition coefficient (Wildman–Crippen LogP) is 2.90. The number of hydrogen-bond acceptors (Lipinski definition) is 4. The number of carbonyl (C=O) groups excluding carboxylic acids is 1. The van der Waals surface area contributed by atoms with Crippen molar-refractivity contribution in [3.05, 3.63) is 24.3 Å². The molecule has 1 aromatic rings. The lowest BCUT2D eigenvalue weighted by molar-refractivity contribution is -0.144. The molecular weight excluding hydrogens is 240 g/mol. The first-order valence-electron chi connectivity index (χ1n) is 6.79. The van der Waals surface area contributed by atoms with Gasteiger partial charge in [-0.3, -0.25) is 0 Å². The SMILES string of the molecule is CCCC(Nc1ccccc1N(C)C)C(=O)OCC. The van der Waals surface area contributed by atoms with Crippen molar-refractivity contribution < 1.29 is 9.53 Å². The van der Waals surface area contributed by atoms with Crippen molar-refractivity contribution in [2.75, 3.05) is 30.9 Å². The Morgan fingerprint density at radius 3 is 2.58 bits per heavy atom. The summed E-state index contributed by atoms with van der Waals surface area (Å²) in [5.74, 6) is -0.182. The van der Waals surface area contributed by atoms with Crippen LogP contribution >= 0.6 is 0 Å². The van der Waals surface area contributed by atoms with Crippen LogP contribution in [0.3, 0.4) is 0 Å². The van der Waals surface area contributed by atoms with Crippen LogP contribution in [-0.4, -0.2) is 32.7 Å². The van der Waals surface area contributed by atoms with Gasteiger partial charge in [-0.25, -0.2) is 4.79 Å². The molecule has 1 aromatic carbocycles. The highest BCUT2D eigenvalue weighted by Crippen LogP contribution is 2.25. The number of rotatable bonds is 7. The third-order valence-corrected chi connectivity index (χ3v) is 2.86. The average Bonchev–Trinajstić information content (AvgIpc) is 2.39. The number of para-hydroxylation sites is 2. The third-order valence-electron chi connectivity index (χ3n) is 2.86. The minimum Gasteiger partial charge on any atom is -0.464 e. The largest absolute Gasteiger partial charge is 0.464 e. The van der Waals surface area contributed by atoms with Gasteiger partial charge in [-0.05, 0) is 25.5 Å². The average molecular weight is 264 g/mol. The maximum atomic E-state index is 11.9. The Morgan fingerprint density at radius 1 is 1.32 bits per heavy atom. The first-order chi connectivity index (χ1) is 9.10. The van der Waals surface area contributed by atoms with Gasteiger partial charge in [-0.2, -0.15) is 0 Å². The standard InChI is InChI=1S/C15H24N2O2/c1-5-9-13(15(18)19-6-2)16-12-10-7-8-11-14(12)17(3)4/h7-8,10-11,13,16H,5-6,9H2,1-4H3. The summed E-state index contributed by atoms with van der Waals surface area (Å²) in [5, 5.41) is 3.30. The minimum absolute atomic E-state index is 0.182. The Hall–Kier alpha value is -1.71. The monoisotopic (exact) mass is 264 g/mol. The molecule has 0 radical (unpaired) electrons. The number of anilines is 2. The summed E-state index contributed by atoms with van der Waals surface area (Å²) in [6.45, 7) is 4.30. The molecule has 0 aliphatic rings. The predicted molar refractivity (Wildman–Crippen MR) is 79.7 cm³/mol. The molecule has 0 bridgehead atoms. The lowest BCUT2D eigenvalue weighted by atomic mass is 10.1. The molecule has 106 valence electrons. The van der Waals surface area contributed by atoms with Crippen LogP contribution in [0.5, 0.6) is 0 Å². The summed E-state index contributed by atoms with van der Waals surface area (Å²) in [4.78, 5) is 13.9. The van der Waals surface area contributed by atoms with Gasteiger partial charge in [-0.1, -0.05) is 25.5 Å². The zero-order valence-corrected chi connectivity index (χ0v) is 12.3. The Labute approximate surface area is 115 Å². The van der Waals surface area contributed by atoms with Gasteiger partial charge in [-0.15, -0.1) is 0 Å². The molecule has 1 atom stereocenters. The molecule has 0 aliphatic heterocycles. The lowest BCUT2D eigenvalue weighted by Crippen LogP contribution is -2.32. The fourth-order valence-electron chi connectivity index (χ4n) is 1.95. The highest BCUT2D eigenvalue weighted by atomic mass is 16.5.